The number of hydrogen-bond donors (Lipinski definition) is 1. The Morgan fingerprint density at radius 1 is 1.39 bits per heavy atom. The molecule has 0 spiro atoms. The van der Waals surface area contributed by atoms with Gasteiger partial charge in [0.2, 0.25) is 0 Å². The number of aliphatic carboxylic acids is 1. The van der Waals surface area contributed by atoms with Crippen LogP contribution >= 0.6 is 11.8 Å². The van der Waals surface area contributed by atoms with Gasteiger partial charge in [-0.25, -0.2) is 4.79 Å². The summed E-state index contributed by atoms with van der Waals surface area (Å²) < 4.78 is 0. The van der Waals surface area contributed by atoms with Crippen molar-refractivity contribution in [2.75, 3.05) is 25.4 Å². The standard InChI is InChI=1S/C12H20N2O3S/c1-9-8-13(5-6-18-9)12(17)14-4-2-3-10(14)7-11(15)16/h9-10H,2-8H2,1H3,(H,15,16). The van der Waals surface area contributed by atoms with Crippen molar-refractivity contribution in [2.45, 2.75) is 37.5 Å². The van der Waals surface area contributed by atoms with Crippen molar-refractivity contribution in [2.24, 2.45) is 0 Å². The molecule has 0 aliphatic carbocycles. The summed E-state index contributed by atoms with van der Waals surface area (Å²) in [7, 11) is 0. The zero-order valence-electron chi connectivity index (χ0n) is 10.7. The minimum atomic E-state index is -0.817. The van der Waals surface area contributed by atoms with Crippen molar-refractivity contribution >= 4 is 23.8 Å². The molecule has 2 rings (SSSR count). The molecule has 102 valence electrons. The third kappa shape index (κ3) is 3.10. The molecule has 2 heterocycles. The summed E-state index contributed by atoms with van der Waals surface area (Å²) in [5.74, 6) is 0.159. The Hall–Kier alpha value is -0.910. The summed E-state index contributed by atoms with van der Waals surface area (Å²) in [6, 6.07) is -0.0780. The summed E-state index contributed by atoms with van der Waals surface area (Å²) in [4.78, 5) is 26.8. The van der Waals surface area contributed by atoms with E-state index < -0.39 is 5.97 Å². The van der Waals surface area contributed by atoms with Crippen LogP contribution in [-0.4, -0.2) is 63.6 Å². The Balaban J connectivity index is 1.96. The Labute approximate surface area is 112 Å². The Morgan fingerprint density at radius 3 is 2.83 bits per heavy atom. The first-order chi connectivity index (χ1) is 8.58. The van der Waals surface area contributed by atoms with Crippen molar-refractivity contribution in [1.82, 2.24) is 9.80 Å². The number of amides is 2. The molecule has 0 aromatic rings. The maximum Gasteiger partial charge on any atom is 0.320 e. The fourth-order valence-corrected chi connectivity index (χ4v) is 3.69. The quantitative estimate of drug-likeness (QED) is 0.827. The molecule has 2 atom stereocenters. The summed E-state index contributed by atoms with van der Waals surface area (Å²) in [6.45, 7) is 4.39. The zero-order chi connectivity index (χ0) is 13.1. The lowest BCUT2D eigenvalue weighted by molar-refractivity contribution is -0.138. The van der Waals surface area contributed by atoms with Crippen LogP contribution in [0.15, 0.2) is 0 Å². The van der Waals surface area contributed by atoms with Gasteiger partial charge in [0, 0.05) is 36.7 Å². The smallest absolute Gasteiger partial charge is 0.320 e. The van der Waals surface area contributed by atoms with Crippen LogP contribution in [0.2, 0.25) is 0 Å². The Kier molecular flexibility index (Phi) is 4.37. The first-order valence-electron chi connectivity index (χ1n) is 6.47. The number of rotatable bonds is 2. The van der Waals surface area contributed by atoms with Crippen molar-refractivity contribution in [3.63, 3.8) is 0 Å². The largest absolute Gasteiger partial charge is 0.481 e. The van der Waals surface area contributed by atoms with E-state index >= 15 is 0 Å². The number of urea groups is 1. The number of carbonyl (C=O) groups excluding carboxylic acids is 1. The van der Waals surface area contributed by atoms with Crippen LogP contribution in [0.3, 0.4) is 0 Å². The van der Waals surface area contributed by atoms with Gasteiger partial charge in [0.25, 0.3) is 0 Å². The fraction of sp³-hybridized carbons (Fsp3) is 0.833. The van der Waals surface area contributed by atoms with E-state index in [1.54, 1.807) is 4.90 Å². The number of likely N-dealkylation sites (tertiary alicyclic amines) is 1. The maximum absolute atomic E-state index is 12.4. The highest BCUT2D eigenvalue weighted by Gasteiger charge is 2.34. The summed E-state index contributed by atoms with van der Waals surface area (Å²) >= 11 is 1.89. The van der Waals surface area contributed by atoms with E-state index in [0.717, 1.165) is 31.7 Å². The first kappa shape index (κ1) is 13.5. The molecule has 0 aromatic carbocycles. The first-order valence-corrected chi connectivity index (χ1v) is 7.51. The number of carboxylic acids is 1. The molecule has 2 fully saturated rings. The molecule has 6 heteroatoms. The highest BCUT2D eigenvalue weighted by molar-refractivity contribution is 7.99. The van der Waals surface area contributed by atoms with Gasteiger partial charge < -0.3 is 14.9 Å². The van der Waals surface area contributed by atoms with Gasteiger partial charge in [-0.15, -0.1) is 0 Å². The van der Waals surface area contributed by atoms with E-state index in [9.17, 15) is 9.59 Å². The van der Waals surface area contributed by atoms with Gasteiger partial charge in [0.05, 0.1) is 6.42 Å². The van der Waals surface area contributed by atoms with Crippen LogP contribution in [0.1, 0.15) is 26.2 Å². The highest BCUT2D eigenvalue weighted by atomic mass is 32.2. The normalized spacial score (nSPS) is 28.5. The summed E-state index contributed by atoms with van der Waals surface area (Å²) in [5.41, 5.74) is 0. The van der Waals surface area contributed by atoms with Crippen molar-refractivity contribution in [3.8, 4) is 0 Å². The van der Waals surface area contributed by atoms with Gasteiger partial charge in [-0.3, -0.25) is 4.79 Å². The molecule has 2 aliphatic rings. The van der Waals surface area contributed by atoms with Crippen LogP contribution in [0.25, 0.3) is 0 Å². The van der Waals surface area contributed by atoms with Crippen molar-refractivity contribution in [3.05, 3.63) is 0 Å². The lowest BCUT2D eigenvalue weighted by atomic mass is 10.1. The topological polar surface area (TPSA) is 60.9 Å². The number of carboxylic acid groups (broad SMARTS) is 1. The minimum absolute atomic E-state index is 0.0332. The fourth-order valence-electron chi connectivity index (χ4n) is 2.68. The highest BCUT2D eigenvalue weighted by Crippen LogP contribution is 2.24. The molecular formula is C12H20N2O3S. The Bertz CT molecular complexity index is 337. The van der Waals surface area contributed by atoms with E-state index in [2.05, 4.69) is 6.92 Å². The van der Waals surface area contributed by atoms with Gasteiger partial charge in [-0.1, -0.05) is 6.92 Å². The SMILES string of the molecule is CC1CN(C(=O)N2CCCC2CC(=O)O)CCS1. The van der Waals surface area contributed by atoms with E-state index in [0.29, 0.717) is 11.8 Å². The van der Waals surface area contributed by atoms with Gasteiger partial charge in [0.15, 0.2) is 0 Å². The molecule has 2 aliphatic heterocycles. The van der Waals surface area contributed by atoms with E-state index in [4.69, 9.17) is 5.11 Å². The number of hydrogen-bond acceptors (Lipinski definition) is 3. The molecule has 0 bridgehead atoms. The van der Waals surface area contributed by atoms with Crippen LogP contribution in [-0.2, 0) is 4.79 Å². The minimum Gasteiger partial charge on any atom is -0.481 e. The summed E-state index contributed by atoms with van der Waals surface area (Å²) in [5, 5.41) is 9.35. The molecule has 0 saturated carbocycles. The average molecular weight is 272 g/mol. The van der Waals surface area contributed by atoms with Crippen LogP contribution in [0.4, 0.5) is 4.79 Å². The molecule has 2 saturated heterocycles. The van der Waals surface area contributed by atoms with Gasteiger partial charge in [-0.05, 0) is 12.8 Å². The number of thioether (sulfide) groups is 1. The lowest BCUT2D eigenvalue weighted by Gasteiger charge is -2.35. The third-order valence-electron chi connectivity index (χ3n) is 3.54. The summed E-state index contributed by atoms with van der Waals surface area (Å²) in [6.07, 6.45) is 1.81. The lowest BCUT2D eigenvalue weighted by Crippen LogP contribution is -2.50. The molecule has 18 heavy (non-hydrogen) atoms. The predicted octanol–water partition coefficient (Wildman–Crippen LogP) is 1.48. The predicted molar refractivity (Wildman–Crippen MR) is 70.9 cm³/mol. The van der Waals surface area contributed by atoms with Crippen molar-refractivity contribution < 1.29 is 14.7 Å². The van der Waals surface area contributed by atoms with E-state index in [-0.39, 0.29) is 18.5 Å². The van der Waals surface area contributed by atoms with Gasteiger partial charge in [-0.2, -0.15) is 11.8 Å². The number of carbonyl (C=O) groups is 2. The molecule has 5 nitrogen and oxygen atoms in total. The zero-order valence-corrected chi connectivity index (χ0v) is 11.5. The third-order valence-corrected chi connectivity index (χ3v) is 4.68. The van der Waals surface area contributed by atoms with Gasteiger partial charge >= 0.3 is 12.0 Å². The molecule has 2 amide bonds. The molecular weight excluding hydrogens is 252 g/mol. The molecule has 2 unspecified atom stereocenters. The second kappa shape index (κ2) is 5.82. The monoisotopic (exact) mass is 272 g/mol. The second-order valence-corrected chi connectivity index (χ2v) is 6.54. The maximum atomic E-state index is 12.4. The number of nitrogens with zero attached hydrogens (tertiary/aromatic N) is 2. The Morgan fingerprint density at radius 2 is 2.17 bits per heavy atom. The van der Waals surface area contributed by atoms with Gasteiger partial charge in [0.1, 0.15) is 0 Å². The molecule has 1 N–H and O–H groups in total. The molecule has 0 radical (unpaired) electrons. The van der Waals surface area contributed by atoms with Crippen LogP contribution in [0, 0.1) is 0 Å². The van der Waals surface area contributed by atoms with E-state index in [1.165, 1.54) is 0 Å². The van der Waals surface area contributed by atoms with Crippen LogP contribution < -0.4 is 0 Å². The van der Waals surface area contributed by atoms with E-state index in [1.807, 2.05) is 16.7 Å². The molecule has 0 aromatic heterocycles. The van der Waals surface area contributed by atoms with Crippen LogP contribution in [0.5, 0.6) is 0 Å². The second-order valence-electron chi connectivity index (χ2n) is 5.00. The van der Waals surface area contributed by atoms with Crippen molar-refractivity contribution in [1.29, 1.82) is 0 Å². The average Bonchev–Trinajstić information content (AvgIpc) is 2.75.